The molecule has 1 aromatic carbocycles. The maximum Gasteiger partial charge on any atom is 0.189 e. The van der Waals surface area contributed by atoms with Gasteiger partial charge < -0.3 is 9.47 Å². The van der Waals surface area contributed by atoms with Crippen molar-refractivity contribution in [3.63, 3.8) is 0 Å². The van der Waals surface area contributed by atoms with Crippen LogP contribution >= 0.6 is 11.6 Å². The van der Waals surface area contributed by atoms with Crippen molar-refractivity contribution in [1.82, 2.24) is 0 Å². The molecule has 2 nitrogen and oxygen atoms in total. The van der Waals surface area contributed by atoms with E-state index in [1.54, 1.807) is 24.3 Å². The van der Waals surface area contributed by atoms with Gasteiger partial charge in [0.05, 0.1) is 7.11 Å². The molecule has 0 saturated heterocycles. The number of halogens is 1. The molecule has 0 atom stereocenters. The van der Waals surface area contributed by atoms with Crippen LogP contribution in [0, 0.1) is 7.11 Å². The Balaban J connectivity index is 2.52. The van der Waals surface area contributed by atoms with Crippen LogP contribution < -0.4 is 4.74 Å². The maximum atomic E-state index is 5.65. The topological polar surface area (TPSA) is 18.5 Å². The fraction of sp³-hybridized carbons (Fsp3) is 0.125. The summed E-state index contributed by atoms with van der Waals surface area (Å²) in [5.41, 5.74) is 0. The fourth-order valence-electron chi connectivity index (χ4n) is 0.641. The smallest absolute Gasteiger partial charge is 0.189 e. The molecular formula is C8H8ClO2. The van der Waals surface area contributed by atoms with Crippen LogP contribution in [0.25, 0.3) is 0 Å². The van der Waals surface area contributed by atoms with Gasteiger partial charge in [0.2, 0.25) is 0 Å². The van der Waals surface area contributed by atoms with Gasteiger partial charge in [0.25, 0.3) is 0 Å². The minimum Gasteiger partial charge on any atom is -0.468 e. The van der Waals surface area contributed by atoms with E-state index >= 15 is 0 Å². The lowest BCUT2D eigenvalue weighted by Crippen LogP contribution is -1.96. The highest BCUT2D eigenvalue weighted by molar-refractivity contribution is 6.30. The van der Waals surface area contributed by atoms with Gasteiger partial charge >= 0.3 is 0 Å². The highest BCUT2D eigenvalue weighted by atomic mass is 35.5. The molecule has 0 N–H and O–H groups in total. The van der Waals surface area contributed by atoms with E-state index in [1.807, 2.05) is 0 Å². The summed E-state index contributed by atoms with van der Waals surface area (Å²) in [4.78, 5) is 0. The summed E-state index contributed by atoms with van der Waals surface area (Å²) in [6.07, 6.45) is 0. The molecule has 0 heterocycles. The molecule has 59 valence electrons. The minimum atomic E-state index is 0.154. The fourth-order valence-corrected chi connectivity index (χ4v) is 0.767. The number of benzene rings is 1. The van der Waals surface area contributed by atoms with Gasteiger partial charge in [-0.2, -0.15) is 0 Å². The molecule has 1 radical (unpaired) electrons. The summed E-state index contributed by atoms with van der Waals surface area (Å²) in [6, 6.07) is 7.03. The van der Waals surface area contributed by atoms with Crippen molar-refractivity contribution in [3.8, 4) is 5.75 Å². The largest absolute Gasteiger partial charge is 0.468 e. The molecule has 0 amide bonds. The van der Waals surface area contributed by atoms with Crippen LogP contribution in [0.1, 0.15) is 0 Å². The molecule has 0 aliphatic heterocycles. The quantitative estimate of drug-likeness (QED) is 0.651. The van der Waals surface area contributed by atoms with Crippen molar-refractivity contribution >= 4 is 11.6 Å². The predicted molar refractivity (Wildman–Crippen MR) is 43.4 cm³/mol. The van der Waals surface area contributed by atoms with Crippen molar-refractivity contribution in [2.45, 2.75) is 0 Å². The third kappa shape index (κ3) is 2.78. The molecule has 0 saturated carbocycles. The van der Waals surface area contributed by atoms with Crippen LogP contribution in [0.4, 0.5) is 0 Å². The van der Waals surface area contributed by atoms with E-state index in [2.05, 4.69) is 11.8 Å². The minimum absolute atomic E-state index is 0.154. The molecule has 0 aromatic heterocycles. The first kappa shape index (κ1) is 8.37. The van der Waals surface area contributed by atoms with Crippen molar-refractivity contribution in [2.24, 2.45) is 0 Å². The van der Waals surface area contributed by atoms with Gasteiger partial charge in [-0.05, 0) is 24.3 Å². The Morgan fingerprint density at radius 2 is 1.91 bits per heavy atom. The molecule has 1 aromatic rings. The molecule has 0 aliphatic rings. The lowest BCUT2D eigenvalue weighted by atomic mass is 10.3. The van der Waals surface area contributed by atoms with Gasteiger partial charge in [0.1, 0.15) is 5.75 Å². The van der Waals surface area contributed by atoms with Crippen molar-refractivity contribution in [2.75, 3.05) is 6.79 Å². The van der Waals surface area contributed by atoms with E-state index in [1.165, 1.54) is 0 Å². The molecule has 0 bridgehead atoms. The second-order valence-corrected chi connectivity index (χ2v) is 2.36. The van der Waals surface area contributed by atoms with Crippen molar-refractivity contribution in [3.05, 3.63) is 36.4 Å². The molecule has 0 fully saturated rings. The van der Waals surface area contributed by atoms with Crippen LogP contribution in [0.5, 0.6) is 5.75 Å². The lowest BCUT2D eigenvalue weighted by molar-refractivity contribution is 0.0757. The Morgan fingerprint density at radius 1 is 1.27 bits per heavy atom. The van der Waals surface area contributed by atoms with Crippen molar-refractivity contribution in [1.29, 1.82) is 0 Å². The zero-order chi connectivity index (χ0) is 8.10. The Bertz CT molecular complexity index is 208. The molecule has 0 unspecified atom stereocenters. The van der Waals surface area contributed by atoms with Crippen LogP contribution in [-0.4, -0.2) is 6.79 Å². The second kappa shape index (κ2) is 4.21. The molecule has 3 heteroatoms. The molecule has 0 aliphatic carbocycles. The molecular weight excluding hydrogens is 164 g/mol. The zero-order valence-corrected chi connectivity index (χ0v) is 6.67. The van der Waals surface area contributed by atoms with Gasteiger partial charge in [-0.3, -0.25) is 0 Å². The van der Waals surface area contributed by atoms with Crippen LogP contribution in [-0.2, 0) is 4.74 Å². The van der Waals surface area contributed by atoms with Crippen LogP contribution in [0.3, 0.4) is 0 Å². The summed E-state index contributed by atoms with van der Waals surface area (Å²) in [7, 11) is 3.17. The number of hydrogen-bond donors (Lipinski definition) is 0. The second-order valence-electron chi connectivity index (χ2n) is 1.92. The highest BCUT2D eigenvalue weighted by Crippen LogP contribution is 2.15. The van der Waals surface area contributed by atoms with Gasteiger partial charge in [0, 0.05) is 5.02 Å². The summed E-state index contributed by atoms with van der Waals surface area (Å²) in [5, 5.41) is 0.688. The molecule has 11 heavy (non-hydrogen) atoms. The van der Waals surface area contributed by atoms with Crippen LogP contribution in [0.2, 0.25) is 5.02 Å². The Morgan fingerprint density at radius 3 is 2.45 bits per heavy atom. The van der Waals surface area contributed by atoms with E-state index in [4.69, 9.17) is 16.3 Å². The van der Waals surface area contributed by atoms with E-state index in [0.717, 1.165) is 5.75 Å². The maximum absolute atomic E-state index is 5.65. The summed E-state index contributed by atoms with van der Waals surface area (Å²) >= 11 is 5.65. The first-order valence-corrected chi connectivity index (χ1v) is 3.46. The first-order chi connectivity index (χ1) is 5.33. The monoisotopic (exact) mass is 171 g/mol. The zero-order valence-electron chi connectivity index (χ0n) is 5.92. The van der Waals surface area contributed by atoms with Gasteiger partial charge in [-0.15, -0.1) is 0 Å². The third-order valence-electron chi connectivity index (χ3n) is 1.12. The Hall–Kier alpha value is -0.730. The molecule has 1 rings (SSSR count). The van der Waals surface area contributed by atoms with E-state index < -0.39 is 0 Å². The lowest BCUT2D eigenvalue weighted by Gasteiger charge is -2.02. The summed E-state index contributed by atoms with van der Waals surface area (Å²) in [5.74, 6) is 0.720. The van der Waals surface area contributed by atoms with Crippen molar-refractivity contribution < 1.29 is 9.47 Å². The predicted octanol–water partition coefficient (Wildman–Crippen LogP) is 2.48. The number of rotatable bonds is 3. The third-order valence-corrected chi connectivity index (χ3v) is 1.37. The highest BCUT2D eigenvalue weighted by Gasteiger charge is 1.90. The number of ether oxygens (including phenoxy) is 2. The van der Waals surface area contributed by atoms with Gasteiger partial charge in [0.15, 0.2) is 6.79 Å². The average Bonchev–Trinajstić information content (AvgIpc) is 2.04. The van der Waals surface area contributed by atoms with Gasteiger partial charge in [-0.1, -0.05) is 11.6 Å². The Kier molecular flexibility index (Phi) is 3.20. The Labute approximate surface area is 70.7 Å². The average molecular weight is 172 g/mol. The summed E-state index contributed by atoms with van der Waals surface area (Å²) in [6.45, 7) is 0.154. The number of hydrogen-bond acceptors (Lipinski definition) is 2. The standard InChI is InChI=1S/C8H8ClO2/c1-10-6-11-8-4-2-7(9)3-5-8/h2-5H,1,6H2. The SMILES string of the molecule is [CH2]OCOc1ccc(Cl)cc1. The van der Waals surface area contributed by atoms with Gasteiger partial charge in [-0.25, -0.2) is 0 Å². The first-order valence-electron chi connectivity index (χ1n) is 3.08. The van der Waals surface area contributed by atoms with E-state index in [-0.39, 0.29) is 6.79 Å². The van der Waals surface area contributed by atoms with E-state index in [9.17, 15) is 0 Å². The van der Waals surface area contributed by atoms with Crippen LogP contribution in [0.15, 0.2) is 24.3 Å². The summed E-state index contributed by atoms with van der Waals surface area (Å²) < 4.78 is 9.54. The molecule has 0 spiro atoms. The van der Waals surface area contributed by atoms with E-state index in [0.29, 0.717) is 5.02 Å². The normalized spacial score (nSPS) is 9.64.